The number of carbonyl (C=O) groups excluding carboxylic acids is 1. The fraction of sp³-hybridized carbons (Fsp3) is 0.348. The summed E-state index contributed by atoms with van der Waals surface area (Å²) >= 11 is 0. The van der Waals surface area contributed by atoms with Crippen LogP contribution in [0.15, 0.2) is 34.9 Å². The Labute approximate surface area is 180 Å². The Morgan fingerprint density at radius 1 is 0.968 bits per heavy atom. The second-order valence-corrected chi connectivity index (χ2v) is 7.62. The minimum atomic E-state index is -0.170. The number of methoxy groups -OCH3 is 3. The lowest BCUT2D eigenvalue weighted by Gasteiger charge is -2.17. The molecule has 1 aromatic heterocycles. The third-order valence-electron chi connectivity index (χ3n) is 5.36. The first-order valence-corrected chi connectivity index (χ1v) is 9.96. The van der Waals surface area contributed by atoms with Gasteiger partial charge in [0.25, 0.3) is 0 Å². The van der Waals surface area contributed by atoms with Crippen molar-refractivity contribution in [2.75, 3.05) is 32.8 Å². The van der Waals surface area contributed by atoms with Crippen LogP contribution in [-0.4, -0.2) is 43.9 Å². The number of ether oxygens (including phenoxy) is 3. The molecular formula is C23H25N3O5. The van der Waals surface area contributed by atoms with Crippen molar-refractivity contribution in [3.63, 3.8) is 0 Å². The predicted molar refractivity (Wildman–Crippen MR) is 115 cm³/mol. The molecule has 0 bridgehead atoms. The Morgan fingerprint density at radius 3 is 2.19 bits per heavy atom. The maximum absolute atomic E-state index is 12.7. The van der Waals surface area contributed by atoms with Crippen LogP contribution < -0.4 is 19.1 Å². The number of nitrogens with zero attached hydrogens (tertiary/aromatic N) is 3. The molecule has 0 unspecified atom stereocenters. The number of carbonyl (C=O) groups is 1. The highest BCUT2D eigenvalue weighted by Crippen LogP contribution is 2.41. The van der Waals surface area contributed by atoms with E-state index < -0.39 is 0 Å². The van der Waals surface area contributed by atoms with Gasteiger partial charge in [0.15, 0.2) is 11.5 Å². The van der Waals surface area contributed by atoms with Crippen molar-refractivity contribution >= 4 is 11.6 Å². The molecule has 8 nitrogen and oxygen atoms in total. The molecule has 1 fully saturated rings. The van der Waals surface area contributed by atoms with E-state index in [1.807, 2.05) is 26.0 Å². The summed E-state index contributed by atoms with van der Waals surface area (Å²) in [5.41, 5.74) is 3.80. The lowest BCUT2D eigenvalue weighted by Crippen LogP contribution is -2.24. The molecule has 0 saturated carbocycles. The van der Waals surface area contributed by atoms with Gasteiger partial charge in [0.05, 0.1) is 27.2 Å². The number of aryl methyl sites for hydroxylation is 2. The fourth-order valence-corrected chi connectivity index (χ4v) is 3.96. The molecule has 2 heterocycles. The highest BCUT2D eigenvalue weighted by Gasteiger charge is 2.35. The van der Waals surface area contributed by atoms with Gasteiger partial charge in [0, 0.05) is 24.2 Å². The molecule has 3 aromatic rings. The molecule has 1 aliphatic rings. The molecule has 2 aromatic carbocycles. The monoisotopic (exact) mass is 423 g/mol. The lowest BCUT2D eigenvalue weighted by atomic mass is 10.1. The van der Waals surface area contributed by atoms with Gasteiger partial charge in [-0.25, -0.2) is 0 Å². The van der Waals surface area contributed by atoms with Crippen LogP contribution in [0.5, 0.6) is 17.2 Å². The van der Waals surface area contributed by atoms with Crippen LogP contribution in [0, 0.1) is 13.8 Å². The molecule has 0 N–H and O–H groups in total. The Hall–Kier alpha value is -3.55. The average molecular weight is 423 g/mol. The number of rotatable bonds is 6. The zero-order valence-corrected chi connectivity index (χ0v) is 18.3. The fourth-order valence-electron chi connectivity index (χ4n) is 3.96. The molecule has 8 heteroatoms. The van der Waals surface area contributed by atoms with Crippen LogP contribution in [-0.2, 0) is 4.79 Å². The normalized spacial score (nSPS) is 16.0. The van der Waals surface area contributed by atoms with Crippen molar-refractivity contribution in [2.24, 2.45) is 0 Å². The molecule has 1 saturated heterocycles. The maximum Gasteiger partial charge on any atom is 0.232 e. The van der Waals surface area contributed by atoms with Gasteiger partial charge in [-0.05, 0) is 49.2 Å². The molecule has 0 aliphatic carbocycles. The average Bonchev–Trinajstić information content (AvgIpc) is 3.38. The number of hydrogen-bond donors (Lipinski definition) is 0. The van der Waals surface area contributed by atoms with E-state index in [9.17, 15) is 4.79 Å². The summed E-state index contributed by atoms with van der Waals surface area (Å²) in [6.07, 6.45) is 0.323. The molecule has 31 heavy (non-hydrogen) atoms. The number of amides is 1. The zero-order valence-electron chi connectivity index (χ0n) is 18.3. The van der Waals surface area contributed by atoms with E-state index >= 15 is 0 Å². The van der Waals surface area contributed by atoms with Crippen LogP contribution in [0.4, 0.5) is 5.69 Å². The minimum absolute atomic E-state index is 0.0440. The van der Waals surface area contributed by atoms with Crippen molar-refractivity contribution in [1.29, 1.82) is 0 Å². The quantitative estimate of drug-likeness (QED) is 0.594. The second kappa shape index (κ2) is 8.29. The summed E-state index contributed by atoms with van der Waals surface area (Å²) in [4.78, 5) is 19.0. The van der Waals surface area contributed by atoms with Gasteiger partial charge in [-0.15, -0.1) is 0 Å². The molecular weight excluding hydrogens is 398 g/mol. The summed E-state index contributed by atoms with van der Waals surface area (Å²) in [7, 11) is 4.65. The van der Waals surface area contributed by atoms with Crippen LogP contribution in [0.3, 0.4) is 0 Å². The Morgan fingerprint density at radius 2 is 1.61 bits per heavy atom. The number of anilines is 1. The Kier molecular flexibility index (Phi) is 5.54. The van der Waals surface area contributed by atoms with E-state index in [2.05, 4.69) is 16.2 Å². The number of aromatic nitrogens is 2. The van der Waals surface area contributed by atoms with E-state index in [4.69, 9.17) is 18.7 Å². The van der Waals surface area contributed by atoms with Crippen molar-refractivity contribution < 1.29 is 23.5 Å². The van der Waals surface area contributed by atoms with Crippen LogP contribution >= 0.6 is 0 Å². The lowest BCUT2D eigenvalue weighted by molar-refractivity contribution is -0.117. The largest absolute Gasteiger partial charge is 0.493 e. The first-order valence-electron chi connectivity index (χ1n) is 9.96. The van der Waals surface area contributed by atoms with Gasteiger partial charge in [0.1, 0.15) is 0 Å². The Bertz CT molecular complexity index is 1080. The Balaban J connectivity index is 1.60. The molecule has 4 rings (SSSR count). The van der Waals surface area contributed by atoms with Crippen molar-refractivity contribution in [3.8, 4) is 28.6 Å². The molecule has 1 aliphatic heterocycles. The highest BCUT2D eigenvalue weighted by molar-refractivity contribution is 5.96. The van der Waals surface area contributed by atoms with E-state index in [0.717, 1.165) is 16.8 Å². The van der Waals surface area contributed by atoms with E-state index in [1.54, 1.807) is 38.4 Å². The minimum Gasteiger partial charge on any atom is -0.493 e. The highest BCUT2D eigenvalue weighted by atomic mass is 16.5. The summed E-state index contributed by atoms with van der Waals surface area (Å²) in [5, 5.41) is 4.12. The van der Waals surface area contributed by atoms with Gasteiger partial charge in [-0.3, -0.25) is 4.79 Å². The van der Waals surface area contributed by atoms with Gasteiger partial charge in [-0.1, -0.05) is 11.2 Å². The van der Waals surface area contributed by atoms with Gasteiger partial charge < -0.3 is 23.6 Å². The van der Waals surface area contributed by atoms with Gasteiger partial charge in [0.2, 0.25) is 23.4 Å². The molecule has 0 spiro atoms. The third-order valence-corrected chi connectivity index (χ3v) is 5.36. The first-order chi connectivity index (χ1) is 14.9. The maximum atomic E-state index is 12.7. The van der Waals surface area contributed by atoms with Crippen molar-refractivity contribution in [3.05, 3.63) is 47.3 Å². The van der Waals surface area contributed by atoms with Crippen LogP contribution in [0.1, 0.15) is 29.4 Å². The van der Waals surface area contributed by atoms with E-state index in [-0.39, 0.29) is 11.8 Å². The van der Waals surface area contributed by atoms with Crippen molar-refractivity contribution in [1.82, 2.24) is 10.1 Å². The second-order valence-electron chi connectivity index (χ2n) is 7.62. The number of benzene rings is 2. The molecule has 162 valence electrons. The van der Waals surface area contributed by atoms with Crippen molar-refractivity contribution in [2.45, 2.75) is 26.2 Å². The van der Waals surface area contributed by atoms with Crippen LogP contribution in [0.25, 0.3) is 11.4 Å². The van der Waals surface area contributed by atoms with Gasteiger partial charge >= 0.3 is 0 Å². The topological polar surface area (TPSA) is 86.9 Å². The number of hydrogen-bond acceptors (Lipinski definition) is 7. The van der Waals surface area contributed by atoms with E-state index in [1.165, 1.54) is 0 Å². The standard InChI is InChI=1S/C23H25N3O5/c1-13-6-14(2)8-17(7-13)26-12-16(11-20(26)27)23-24-22(25-31-23)15-9-18(28-3)21(30-5)19(10-15)29-4/h6-10,16H,11-12H2,1-5H3/t16-/m1/s1. The molecule has 1 atom stereocenters. The smallest absolute Gasteiger partial charge is 0.232 e. The predicted octanol–water partition coefficient (Wildman–Crippen LogP) is 3.90. The summed E-state index contributed by atoms with van der Waals surface area (Å²) in [5.74, 6) is 2.19. The van der Waals surface area contributed by atoms with E-state index in [0.29, 0.717) is 47.5 Å². The summed E-state index contributed by atoms with van der Waals surface area (Å²) in [6.45, 7) is 4.55. The van der Waals surface area contributed by atoms with Gasteiger partial charge in [-0.2, -0.15) is 4.98 Å². The summed E-state index contributed by atoms with van der Waals surface area (Å²) < 4.78 is 21.7. The molecule has 0 radical (unpaired) electrons. The zero-order chi connectivity index (χ0) is 22.1. The molecule has 1 amide bonds. The first kappa shape index (κ1) is 20.7. The summed E-state index contributed by atoms with van der Waals surface area (Å²) in [6, 6.07) is 9.64. The third kappa shape index (κ3) is 3.93. The van der Waals surface area contributed by atoms with Crippen LogP contribution in [0.2, 0.25) is 0 Å². The SMILES string of the molecule is COc1cc(-c2noc([C@@H]3CC(=O)N(c4cc(C)cc(C)c4)C3)n2)cc(OC)c1OC.